The highest BCUT2D eigenvalue weighted by molar-refractivity contribution is 6.32. The summed E-state index contributed by atoms with van der Waals surface area (Å²) in [5, 5.41) is 1.45. The third kappa shape index (κ3) is 3.08. The summed E-state index contributed by atoms with van der Waals surface area (Å²) in [7, 11) is 0. The number of benzene rings is 1. The van der Waals surface area contributed by atoms with Gasteiger partial charge in [0.15, 0.2) is 6.10 Å². The molecule has 1 heterocycles. The zero-order valence-corrected chi connectivity index (χ0v) is 10.9. The van der Waals surface area contributed by atoms with Crippen LogP contribution in [0.25, 0.3) is 0 Å². The third-order valence-electron chi connectivity index (χ3n) is 2.57. The molecule has 1 aliphatic rings. The molecule has 0 radical (unpaired) electrons. The molecular formula is C12H13ClFN3O2. The van der Waals surface area contributed by atoms with Crippen LogP contribution in [0.5, 0.6) is 5.75 Å². The Kier molecular flexibility index (Phi) is 3.80. The first kappa shape index (κ1) is 13.5. The lowest BCUT2D eigenvalue weighted by molar-refractivity contribution is -0.139. The Morgan fingerprint density at radius 1 is 1.63 bits per heavy atom. The van der Waals surface area contributed by atoms with Gasteiger partial charge in [-0.1, -0.05) is 11.6 Å². The molecule has 1 amide bonds. The normalized spacial score (nSPS) is 15.7. The molecule has 0 fully saturated rings. The smallest absolute Gasteiger partial charge is 0.281 e. The van der Waals surface area contributed by atoms with Gasteiger partial charge in [0.2, 0.25) is 0 Å². The Bertz CT molecular complexity index is 536. The maximum absolute atomic E-state index is 12.9. The summed E-state index contributed by atoms with van der Waals surface area (Å²) >= 11 is 5.83. The molecule has 1 aromatic carbocycles. The molecule has 7 heteroatoms. The van der Waals surface area contributed by atoms with Gasteiger partial charge in [-0.15, -0.1) is 0 Å². The van der Waals surface area contributed by atoms with Gasteiger partial charge in [-0.2, -0.15) is 0 Å². The van der Waals surface area contributed by atoms with Crippen LogP contribution in [0.3, 0.4) is 0 Å². The highest BCUT2D eigenvalue weighted by Crippen LogP contribution is 2.26. The maximum Gasteiger partial charge on any atom is 0.281 e. The van der Waals surface area contributed by atoms with E-state index in [0.717, 1.165) is 6.07 Å². The predicted molar refractivity (Wildman–Crippen MR) is 68.6 cm³/mol. The van der Waals surface area contributed by atoms with E-state index in [4.69, 9.17) is 22.1 Å². The van der Waals surface area contributed by atoms with Crippen LogP contribution < -0.4 is 15.9 Å². The van der Waals surface area contributed by atoms with Crippen LogP contribution in [-0.2, 0) is 4.79 Å². The summed E-state index contributed by atoms with van der Waals surface area (Å²) in [6, 6.07) is 3.72. The SMILES string of the molecule is CC(Oc1ccc(F)cc1Cl)C(=O)N1CC=C(N)N1. The molecule has 1 atom stereocenters. The molecule has 1 unspecified atom stereocenters. The number of nitrogens with zero attached hydrogens (tertiary/aromatic N) is 1. The summed E-state index contributed by atoms with van der Waals surface area (Å²) in [5.41, 5.74) is 8.20. The van der Waals surface area contributed by atoms with Crippen molar-refractivity contribution in [3.63, 3.8) is 0 Å². The first-order chi connectivity index (χ1) is 8.97. The van der Waals surface area contributed by atoms with E-state index < -0.39 is 11.9 Å². The number of hydrogen-bond acceptors (Lipinski definition) is 4. The average Bonchev–Trinajstić information content (AvgIpc) is 2.78. The van der Waals surface area contributed by atoms with Crippen LogP contribution in [-0.4, -0.2) is 23.6 Å². The molecule has 5 nitrogen and oxygen atoms in total. The van der Waals surface area contributed by atoms with Crippen molar-refractivity contribution in [3.05, 3.63) is 40.9 Å². The van der Waals surface area contributed by atoms with Crippen LogP contribution in [0.15, 0.2) is 30.1 Å². The van der Waals surface area contributed by atoms with Crippen LogP contribution in [0.2, 0.25) is 5.02 Å². The molecule has 102 valence electrons. The molecule has 2 rings (SSSR count). The van der Waals surface area contributed by atoms with E-state index >= 15 is 0 Å². The maximum atomic E-state index is 12.9. The van der Waals surface area contributed by atoms with Gasteiger partial charge in [-0.3, -0.25) is 10.2 Å². The first-order valence-electron chi connectivity index (χ1n) is 5.63. The summed E-state index contributed by atoms with van der Waals surface area (Å²) < 4.78 is 18.3. The number of rotatable bonds is 3. The lowest BCUT2D eigenvalue weighted by Gasteiger charge is -2.22. The number of ether oxygens (including phenoxy) is 1. The number of nitrogens with one attached hydrogen (secondary N) is 1. The van der Waals surface area contributed by atoms with E-state index in [0.29, 0.717) is 12.4 Å². The van der Waals surface area contributed by atoms with Gasteiger partial charge >= 0.3 is 0 Å². The lowest BCUT2D eigenvalue weighted by atomic mass is 10.3. The van der Waals surface area contributed by atoms with Gasteiger partial charge in [0.25, 0.3) is 5.91 Å². The minimum atomic E-state index is -0.769. The van der Waals surface area contributed by atoms with Gasteiger partial charge in [-0.05, 0) is 31.2 Å². The quantitative estimate of drug-likeness (QED) is 0.881. The predicted octanol–water partition coefficient (Wildman–Crippen LogP) is 1.39. The summed E-state index contributed by atoms with van der Waals surface area (Å²) in [6.07, 6.45) is 0.907. The van der Waals surface area contributed by atoms with Crippen molar-refractivity contribution in [1.82, 2.24) is 10.4 Å². The Balaban J connectivity index is 2.00. The van der Waals surface area contributed by atoms with E-state index in [1.165, 1.54) is 17.1 Å². The van der Waals surface area contributed by atoms with Gasteiger partial charge in [0.05, 0.1) is 11.6 Å². The Morgan fingerprint density at radius 2 is 2.37 bits per heavy atom. The Labute approximate surface area is 114 Å². The van der Waals surface area contributed by atoms with Crippen LogP contribution in [0.1, 0.15) is 6.92 Å². The van der Waals surface area contributed by atoms with E-state index in [1.54, 1.807) is 13.0 Å². The molecule has 0 aromatic heterocycles. The molecule has 0 saturated heterocycles. The molecule has 0 bridgehead atoms. The van der Waals surface area contributed by atoms with Crippen LogP contribution in [0.4, 0.5) is 4.39 Å². The molecule has 0 aliphatic carbocycles. The highest BCUT2D eigenvalue weighted by Gasteiger charge is 2.25. The summed E-state index contributed by atoms with van der Waals surface area (Å²) in [5.74, 6) is -0.0870. The number of nitrogens with two attached hydrogens (primary N) is 1. The second-order valence-corrected chi connectivity index (χ2v) is 4.46. The van der Waals surface area contributed by atoms with Crippen molar-refractivity contribution in [2.45, 2.75) is 13.0 Å². The third-order valence-corrected chi connectivity index (χ3v) is 2.86. The second kappa shape index (κ2) is 5.36. The number of amides is 1. The summed E-state index contributed by atoms with van der Waals surface area (Å²) in [4.78, 5) is 12.0. The largest absolute Gasteiger partial charge is 0.479 e. The number of carbonyl (C=O) groups is 1. The summed E-state index contributed by atoms with van der Waals surface area (Å²) in [6.45, 7) is 1.95. The number of hydrogen-bond donors (Lipinski definition) is 2. The van der Waals surface area contributed by atoms with Crippen molar-refractivity contribution in [1.29, 1.82) is 0 Å². The molecule has 19 heavy (non-hydrogen) atoms. The molecule has 1 aliphatic heterocycles. The van der Waals surface area contributed by atoms with Crippen molar-refractivity contribution in [3.8, 4) is 5.75 Å². The number of hydrazine groups is 1. The van der Waals surface area contributed by atoms with Crippen molar-refractivity contribution >= 4 is 17.5 Å². The molecule has 0 saturated carbocycles. The fourth-order valence-electron chi connectivity index (χ4n) is 1.61. The molecule has 1 aromatic rings. The van der Waals surface area contributed by atoms with Crippen molar-refractivity contribution in [2.75, 3.05) is 6.54 Å². The standard InChI is InChI=1S/C12H13ClFN3O2/c1-7(12(18)17-5-4-11(15)16-17)19-10-3-2-8(14)6-9(10)13/h2-4,6-7,16H,5,15H2,1H3. The second-order valence-electron chi connectivity index (χ2n) is 4.05. The van der Waals surface area contributed by atoms with Crippen molar-refractivity contribution < 1.29 is 13.9 Å². The topological polar surface area (TPSA) is 67.6 Å². The van der Waals surface area contributed by atoms with Gasteiger partial charge < -0.3 is 10.5 Å². The van der Waals surface area contributed by atoms with E-state index in [9.17, 15) is 9.18 Å². The lowest BCUT2D eigenvalue weighted by Crippen LogP contribution is -2.45. The number of halogens is 2. The van der Waals surface area contributed by atoms with Gasteiger partial charge in [-0.25, -0.2) is 9.40 Å². The van der Waals surface area contributed by atoms with Crippen LogP contribution in [0, 0.1) is 5.82 Å². The van der Waals surface area contributed by atoms with E-state index in [2.05, 4.69) is 5.43 Å². The van der Waals surface area contributed by atoms with Gasteiger partial charge in [0, 0.05) is 0 Å². The van der Waals surface area contributed by atoms with E-state index in [1.807, 2.05) is 0 Å². The zero-order chi connectivity index (χ0) is 14.0. The van der Waals surface area contributed by atoms with E-state index in [-0.39, 0.29) is 16.7 Å². The molecular weight excluding hydrogens is 273 g/mol. The zero-order valence-electron chi connectivity index (χ0n) is 10.2. The fraction of sp³-hybridized carbons (Fsp3) is 0.250. The Morgan fingerprint density at radius 3 is 2.95 bits per heavy atom. The fourth-order valence-corrected chi connectivity index (χ4v) is 1.82. The van der Waals surface area contributed by atoms with Crippen molar-refractivity contribution in [2.24, 2.45) is 5.73 Å². The monoisotopic (exact) mass is 285 g/mol. The highest BCUT2D eigenvalue weighted by atomic mass is 35.5. The average molecular weight is 286 g/mol. The first-order valence-corrected chi connectivity index (χ1v) is 6.00. The molecule has 0 spiro atoms. The minimum absolute atomic E-state index is 0.117. The minimum Gasteiger partial charge on any atom is -0.479 e. The Hall–Kier alpha value is -1.95. The van der Waals surface area contributed by atoms with Crippen LogP contribution >= 0.6 is 11.6 Å². The van der Waals surface area contributed by atoms with Gasteiger partial charge in [0.1, 0.15) is 17.4 Å². The number of carbonyl (C=O) groups excluding carboxylic acids is 1. The molecule has 3 N–H and O–H groups in total.